The Morgan fingerprint density at radius 1 is 1.39 bits per heavy atom. The van der Waals surface area contributed by atoms with E-state index < -0.39 is 0 Å². The lowest BCUT2D eigenvalue weighted by Gasteiger charge is -2.26. The van der Waals surface area contributed by atoms with Crippen molar-refractivity contribution in [2.75, 3.05) is 12.5 Å². The van der Waals surface area contributed by atoms with Gasteiger partial charge in [-0.25, -0.2) is 0 Å². The van der Waals surface area contributed by atoms with Crippen molar-refractivity contribution in [1.82, 2.24) is 5.32 Å². The van der Waals surface area contributed by atoms with Crippen LogP contribution in [-0.2, 0) is 4.79 Å². The van der Waals surface area contributed by atoms with Crippen molar-refractivity contribution in [2.24, 2.45) is 0 Å². The maximum atomic E-state index is 11.8. The summed E-state index contributed by atoms with van der Waals surface area (Å²) in [6, 6.07) is 7.96. The van der Waals surface area contributed by atoms with Gasteiger partial charge in [-0.1, -0.05) is 18.2 Å². The Bertz CT molecular complexity index is 409. The number of amides is 1. The van der Waals surface area contributed by atoms with Crippen LogP contribution in [0.1, 0.15) is 37.3 Å². The molecule has 1 aliphatic rings. The summed E-state index contributed by atoms with van der Waals surface area (Å²) >= 11 is 5.60. The average Bonchev–Trinajstić information content (AvgIpc) is 2.39. The van der Waals surface area contributed by atoms with E-state index in [-0.39, 0.29) is 11.9 Å². The van der Waals surface area contributed by atoms with E-state index in [0.29, 0.717) is 18.9 Å². The molecule has 2 rings (SSSR count). The molecule has 1 amide bonds. The summed E-state index contributed by atoms with van der Waals surface area (Å²) in [5.74, 6) is 1.60. The van der Waals surface area contributed by atoms with E-state index in [1.54, 1.807) is 0 Å². The molecule has 0 radical (unpaired) electrons. The summed E-state index contributed by atoms with van der Waals surface area (Å²) < 4.78 is 5.57. The molecule has 0 fully saturated rings. The largest absolute Gasteiger partial charge is 0.493 e. The van der Waals surface area contributed by atoms with Crippen LogP contribution in [0.4, 0.5) is 0 Å². The lowest BCUT2D eigenvalue weighted by molar-refractivity contribution is -0.122. The molecule has 0 bridgehead atoms. The van der Waals surface area contributed by atoms with Crippen molar-refractivity contribution in [3.8, 4) is 5.75 Å². The predicted molar refractivity (Wildman–Crippen MR) is 72.0 cm³/mol. The Morgan fingerprint density at radius 2 is 2.22 bits per heavy atom. The van der Waals surface area contributed by atoms with Gasteiger partial charge in [0.1, 0.15) is 5.75 Å². The highest BCUT2D eigenvalue weighted by Gasteiger charge is 2.22. The minimum Gasteiger partial charge on any atom is -0.493 e. The molecule has 0 aliphatic carbocycles. The van der Waals surface area contributed by atoms with Crippen LogP contribution >= 0.6 is 11.6 Å². The third kappa shape index (κ3) is 3.39. The van der Waals surface area contributed by atoms with Gasteiger partial charge in [0.15, 0.2) is 0 Å². The molecule has 1 aromatic rings. The Balaban J connectivity index is 1.92. The number of hydrogen-bond donors (Lipinski definition) is 1. The van der Waals surface area contributed by atoms with Gasteiger partial charge in [-0.05, 0) is 18.9 Å². The van der Waals surface area contributed by atoms with Gasteiger partial charge in [-0.3, -0.25) is 4.79 Å². The molecule has 3 nitrogen and oxygen atoms in total. The Morgan fingerprint density at radius 3 is 3.06 bits per heavy atom. The van der Waals surface area contributed by atoms with Crippen molar-refractivity contribution >= 4 is 17.5 Å². The number of unbranched alkanes of at least 4 members (excludes halogenated alkanes) is 1. The van der Waals surface area contributed by atoms with E-state index in [1.807, 2.05) is 24.3 Å². The number of halogens is 1. The molecule has 4 heteroatoms. The Hall–Kier alpha value is -1.22. The van der Waals surface area contributed by atoms with Crippen molar-refractivity contribution in [1.29, 1.82) is 0 Å². The van der Waals surface area contributed by atoms with Gasteiger partial charge in [0, 0.05) is 24.3 Å². The Kier molecular flexibility index (Phi) is 4.88. The summed E-state index contributed by atoms with van der Waals surface area (Å²) in [4.78, 5) is 11.8. The SMILES string of the molecule is O=C(CCCCCl)NC1CCOc2ccccc21. The van der Waals surface area contributed by atoms with Gasteiger partial charge in [-0.15, -0.1) is 11.6 Å². The number of alkyl halides is 1. The summed E-state index contributed by atoms with van der Waals surface area (Å²) in [6.45, 7) is 0.656. The number of para-hydroxylation sites is 1. The van der Waals surface area contributed by atoms with E-state index in [1.165, 1.54) is 0 Å². The molecule has 1 aliphatic heterocycles. The van der Waals surface area contributed by atoms with Crippen molar-refractivity contribution in [2.45, 2.75) is 31.7 Å². The number of benzene rings is 1. The summed E-state index contributed by atoms with van der Waals surface area (Å²) in [5.41, 5.74) is 1.08. The predicted octanol–water partition coefficient (Wildman–Crippen LogP) is 3.04. The zero-order valence-corrected chi connectivity index (χ0v) is 11.1. The van der Waals surface area contributed by atoms with E-state index in [9.17, 15) is 4.79 Å². The molecule has 1 aromatic carbocycles. The van der Waals surface area contributed by atoms with Gasteiger partial charge in [0.25, 0.3) is 0 Å². The van der Waals surface area contributed by atoms with Gasteiger partial charge in [0.05, 0.1) is 12.6 Å². The molecular formula is C14H18ClNO2. The van der Waals surface area contributed by atoms with Gasteiger partial charge in [0.2, 0.25) is 5.91 Å². The fraction of sp³-hybridized carbons (Fsp3) is 0.500. The number of carbonyl (C=O) groups is 1. The van der Waals surface area contributed by atoms with Gasteiger partial charge in [-0.2, -0.15) is 0 Å². The number of rotatable bonds is 5. The summed E-state index contributed by atoms with van der Waals surface area (Å²) in [5, 5.41) is 3.07. The minimum absolute atomic E-state index is 0.0819. The highest BCUT2D eigenvalue weighted by molar-refractivity contribution is 6.17. The molecule has 18 heavy (non-hydrogen) atoms. The van der Waals surface area contributed by atoms with Gasteiger partial charge < -0.3 is 10.1 Å². The number of hydrogen-bond acceptors (Lipinski definition) is 2. The first-order valence-electron chi connectivity index (χ1n) is 6.38. The van der Waals surface area contributed by atoms with E-state index in [2.05, 4.69) is 5.32 Å². The molecule has 1 atom stereocenters. The number of ether oxygens (including phenoxy) is 1. The lowest BCUT2D eigenvalue weighted by Crippen LogP contribution is -2.31. The topological polar surface area (TPSA) is 38.3 Å². The van der Waals surface area contributed by atoms with Crippen LogP contribution < -0.4 is 10.1 Å². The van der Waals surface area contributed by atoms with Crippen LogP contribution in [0, 0.1) is 0 Å². The van der Waals surface area contributed by atoms with E-state index >= 15 is 0 Å². The Labute approximate surface area is 112 Å². The molecule has 1 heterocycles. The number of fused-ring (bicyclic) bond motifs is 1. The third-order valence-corrected chi connectivity index (χ3v) is 3.35. The van der Waals surface area contributed by atoms with Crippen LogP contribution in [-0.4, -0.2) is 18.4 Å². The fourth-order valence-electron chi connectivity index (χ4n) is 2.14. The highest BCUT2D eigenvalue weighted by atomic mass is 35.5. The zero-order chi connectivity index (χ0) is 12.8. The van der Waals surface area contributed by atoms with E-state index in [4.69, 9.17) is 16.3 Å². The van der Waals surface area contributed by atoms with Gasteiger partial charge >= 0.3 is 0 Å². The van der Waals surface area contributed by atoms with Crippen molar-refractivity contribution in [3.05, 3.63) is 29.8 Å². The quantitative estimate of drug-likeness (QED) is 0.658. The first kappa shape index (κ1) is 13.2. The molecule has 0 spiro atoms. The first-order valence-corrected chi connectivity index (χ1v) is 6.92. The molecule has 98 valence electrons. The molecule has 0 aromatic heterocycles. The molecular weight excluding hydrogens is 250 g/mol. The molecule has 0 saturated heterocycles. The third-order valence-electron chi connectivity index (χ3n) is 3.08. The highest BCUT2D eigenvalue weighted by Crippen LogP contribution is 2.31. The lowest BCUT2D eigenvalue weighted by atomic mass is 10.0. The normalized spacial score (nSPS) is 17.7. The summed E-state index contributed by atoms with van der Waals surface area (Å²) in [7, 11) is 0. The monoisotopic (exact) mass is 267 g/mol. The molecule has 1 unspecified atom stereocenters. The minimum atomic E-state index is 0.0819. The average molecular weight is 268 g/mol. The first-order chi connectivity index (χ1) is 8.81. The molecule has 0 saturated carbocycles. The maximum absolute atomic E-state index is 11.8. The number of carbonyl (C=O) groups excluding carboxylic acids is 1. The van der Waals surface area contributed by atoms with Crippen molar-refractivity contribution in [3.63, 3.8) is 0 Å². The van der Waals surface area contributed by atoms with Crippen LogP contribution in [0.5, 0.6) is 5.75 Å². The van der Waals surface area contributed by atoms with Crippen LogP contribution in [0.15, 0.2) is 24.3 Å². The zero-order valence-electron chi connectivity index (χ0n) is 10.3. The standard InChI is InChI=1S/C14H18ClNO2/c15-9-4-3-7-14(17)16-12-8-10-18-13-6-2-1-5-11(12)13/h1-2,5-6,12H,3-4,7-10H2,(H,16,17). The second kappa shape index (κ2) is 6.64. The molecule has 1 N–H and O–H groups in total. The van der Waals surface area contributed by atoms with E-state index in [0.717, 1.165) is 30.6 Å². The number of nitrogens with one attached hydrogen (secondary N) is 1. The van der Waals surface area contributed by atoms with Crippen LogP contribution in [0.3, 0.4) is 0 Å². The van der Waals surface area contributed by atoms with Crippen LogP contribution in [0.2, 0.25) is 0 Å². The fourth-order valence-corrected chi connectivity index (χ4v) is 2.33. The van der Waals surface area contributed by atoms with Crippen molar-refractivity contribution < 1.29 is 9.53 Å². The summed E-state index contributed by atoms with van der Waals surface area (Å²) in [6.07, 6.45) is 3.12. The second-order valence-electron chi connectivity index (χ2n) is 4.44. The maximum Gasteiger partial charge on any atom is 0.220 e. The second-order valence-corrected chi connectivity index (χ2v) is 4.82. The van der Waals surface area contributed by atoms with Crippen LogP contribution in [0.25, 0.3) is 0 Å². The smallest absolute Gasteiger partial charge is 0.220 e.